The first-order chi connectivity index (χ1) is 11.4. The molecule has 4 aromatic rings. The Labute approximate surface area is 137 Å². The highest BCUT2D eigenvalue weighted by Gasteiger charge is 2.18. The van der Waals surface area contributed by atoms with E-state index in [1.54, 1.807) is 17.7 Å². The van der Waals surface area contributed by atoms with Gasteiger partial charge >= 0.3 is 0 Å². The lowest BCUT2D eigenvalue weighted by Gasteiger charge is -2.18. The average Bonchev–Trinajstić information content (AvgIpc) is 3.15. The number of aromatic nitrogens is 3. The summed E-state index contributed by atoms with van der Waals surface area (Å²) >= 11 is 1.63. The molecule has 4 nitrogen and oxygen atoms in total. The summed E-state index contributed by atoms with van der Waals surface area (Å²) in [5, 5.41) is 7.55. The van der Waals surface area contributed by atoms with Crippen molar-refractivity contribution in [3.8, 4) is 0 Å². The maximum absolute atomic E-state index is 4.48. The van der Waals surface area contributed by atoms with Crippen LogP contribution in [0.25, 0.3) is 10.9 Å². The van der Waals surface area contributed by atoms with Gasteiger partial charge < -0.3 is 5.32 Å². The predicted octanol–water partition coefficient (Wildman–Crippen LogP) is 4.29. The molecule has 0 amide bonds. The van der Waals surface area contributed by atoms with Crippen molar-refractivity contribution in [3.05, 3.63) is 83.1 Å². The van der Waals surface area contributed by atoms with Gasteiger partial charge in [0.05, 0.1) is 5.52 Å². The van der Waals surface area contributed by atoms with Gasteiger partial charge in [0.2, 0.25) is 0 Å². The molecule has 0 aliphatic rings. The van der Waals surface area contributed by atoms with Gasteiger partial charge in [0, 0.05) is 17.0 Å². The Bertz CT molecular complexity index is 901. The molecule has 5 heteroatoms. The molecule has 4 rings (SSSR count). The van der Waals surface area contributed by atoms with Crippen LogP contribution in [0.1, 0.15) is 16.6 Å². The van der Waals surface area contributed by atoms with Crippen molar-refractivity contribution in [2.45, 2.75) is 6.04 Å². The number of nitrogens with one attached hydrogen (secondary N) is 1. The van der Waals surface area contributed by atoms with E-state index in [1.807, 2.05) is 54.0 Å². The van der Waals surface area contributed by atoms with Crippen LogP contribution in [0.15, 0.2) is 72.5 Å². The highest BCUT2D eigenvalue weighted by atomic mass is 32.1. The lowest BCUT2D eigenvalue weighted by Crippen LogP contribution is -2.13. The van der Waals surface area contributed by atoms with Gasteiger partial charge in [-0.25, -0.2) is 15.0 Å². The molecule has 0 spiro atoms. The number of rotatable bonds is 4. The van der Waals surface area contributed by atoms with Gasteiger partial charge in [-0.1, -0.05) is 42.5 Å². The van der Waals surface area contributed by atoms with E-state index in [1.165, 1.54) is 0 Å². The first-order valence-electron chi connectivity index (χ1n) is 7.32. The number of para-hydroxylation sites is 1. The number of hydrogen-bond donors (Lipinski definition) is 1. The Kier molecular flexibility index (Phi) is 3.70. The van der Waals surface area contributed by atoms with E-state index < -0.39 is 0 Å². The molecule has 0 saturated carbocycles. The summed E-state index contributed by atoms with van der Waals surface area (Å²) in [5.74, 6) is 0.819. The zero-order chi connectivity index (χ0) is 15.5. The van der Waals surface area contributed by atoms with E-state index in [4.69, 9.17) is 0 Å². The number of fused-ring (bicyclic) bond motifs is 1. The molecular weight excluding hydrogens is 304 g/mol. The number of nitrogens with zero attached hydrogens (tertiary/aromatic N) is 3. The van der Waals surface area contributed by atoms with E-state index in [-0.39, 0.29) is 6.04 Å². The Morgan fingerprint density at radius 1 is 0.870 bits per heavy atom. The van der Waals surface area contributed by atoms with Gasteiger partial charge in [0.15, 0.2) is 0 Å². The second-order valence-electron chi connectivity index (χ2n) is 5.10. The number of thiazole rings is 1. The Hall–Kier alpha value is -2.79. The summed E-state index contributed by atoms with van der Waals surface area (Å²) < 4.78 is 0. The van der Waals surface area contributed by atoms with Crippen molar-refractivity contribution in [2.24, 2.45) is 0 Å². The normalized spacial score (nSPS) is 12.2. The van der Waals surface area contributed by atoms with E-state index in [9.17, 15) is 0 Å². The summed E-state index contributed by atoms with van der Waals surface area (Å²) in [6, 6.07) is 18.3. The fourth-order valence-electron chi connectivity index (χ4n) is 2.57. The average molecular weight is 318 g/mol. The molecule has 2 aromatic carbocycles. The number of benzene rings is 2. The second kappa shape index (κ2) is 6.14. The van der Waals surface area contributed by atoms with Crippen molar-refractivity contribution >= 4 is 28.1 Å². The van der Waals surface area contributed by atoms with Crippen molar-refractivity contribution in [1.82, 2.24) is 15.0 Å². The van der Waals surface area contributed by atoms with E-state index in [0.29, 0.717) is 0 Å². The molecule has 0 aliphatic heterocycles. The summed E-state index contributed by atoms with van der Waals surface area (Å²) in [6.45, 7) is 0. The number of anilines is 1. The molecule has 0 bridgehead atoms. The molecule has 0 saturated heterocycles. The molecule has 23 heavy (non-hydrogen) atoms. The van der Waals surface area contributed by atoms with Gasteiger partial charge in [-0.15, -0.1) is 11.3 Å². The fourth-order valence-corrected chi connectivity index (χ4v) is 3.28. The lowest BCUT2D eigenvalue weighted by molar-refractivity contribution is 0.911. The first-order valence-corrected chi connectivity index (χ1v) is 8.20. The van der Waals surface area contributed by atoms with E-state index in [2.05, 4.69) is 32.4 Å². The monoisotopic (exact) mass is 318 g/mol. The van der Waals surface area contributed by atoms with Gasteiger partial charge in [-0.2, -0.15) is 0 Å². The zero-order valence-corrected chi connectivity index (χ0v) is 13.1. The summed E-state index contributed by atoms with van der Waals surface area (Å²) in [5.41, 5.74) is 2.08. The van der Waals surface area contributed by atoms with Crippen molar-refractivity contribution in [2.75, 3.05) is 5.32 Å². The molecule has 1 unspecified atom stereocenters. The summed E-state index contributed by atoms with van der Waals surface area (Å²) in [6.07, 6.45) is 3.42. The molecular formula is C18H14N4S. The van der Waals surface area contributed by atoms with Crippen LogP contribution in [0, 0.1) is 0 Å². The quantitative estimate of drug-likeness (QED) is 0.610. The molecule has 1 N–H and O–H groups in total. The molecule has 0 radical (unpaired) electrons. The maximum atomic E-state index is 4.48. The van der Waals surface area contributed by atoms with Crippen LogP contribution in [0.4, 0.5) is 5.82 Å². The van der Waals surface area contributed by atoms with Crippen LogP contribution >= 0.6 is 11.3 Å². The number of hydrogen-bond acceptors (Lipinski definition) is 5. The first kappa shape index (κ1) is 13.8. The van der Waals surface area contributed by atoms with E-state index >= 15 is 0 Å². The van der Waals surface area contributed by atoms with Gasteiger partial charge in [0.1, 0.15) is 23.2 Å². The topological polar surface area (TPSA) is 50.7 Å². The third-order valence-electron chi connectivity index (χ3n) is 3.66. The second-order valence-corrected chi connectivity index (χ2v) is 6.02. The van der Waals surface area contributed by atoms with Crippen LogP contribution < -0.4 is 5.32 Å². The molecule has 0 aliphatic carbocycles. The smallest absolute Gasteiger partial charge is 0.138 e. The fraction of sp³-hybridized carbons (Fsp3) is 0.0556. The minimum atomic E-state index is -0.0329. The third kappa shape index (κ3) is 2.78. The largest absolute Gasteiger partial charge is 0.356 e. The highest BCUT2D eigenvalue weighted by molar-refractivity contribution is 7.09. The van der Waals surface area contributed by atoms with Crippen LogP contribution in [0.5, 0.6) is 0 Å². The van der Waals surface area contributed by atoms with Gasteiger partial charge in [0.25, 0.3) is 0 Å². The predicted molar refractivity (Wildman–Crippen MR) is 93.6 cm³/mol. The standard InChI is InChI=1S/C18H14N4S/c1-2-6-13(7-3-1)16(18-19-10-11-23-18)22-17-14-8-4-5-9-15(14)20-12-21-17/h1-12,16H,(H,20,21,22). The Balaban J connectivity index is 1.79. The molecule has 112 valence electrons. The van der Waals surface area contributed by atoms with Crippen LogP contribution in [-0.4, -0.2) is 15.0 Å². The summed E-state index contributed by atoms with van der Waals surface area (Å²) in [7, 11) is 0. The van der Waals surface area contributed by atoms with Crippen molar-refractivity contribution in [3.63, 3.8) is 0 Å². The lowest BCUT2D eigenvalue weighted by atomic mass is 10.1. The summed E-state index contributed by atoms with van der Waals surface area (Å²) in [4.78, 5) is 13.2. The zero-order valence-electron chi connectivity index (χ0n) is 12.3. The SMILES string of the molecule is c1ccc(C(Nc2ncnc3ccccc23)c2nccs2)cc1. The molecule has 0 fully saturated rings. The van der Waals surface area contributed by atoms with Crippen LogP contribution in [0.2, 0.25) is 0 Å². The maximum Gasteiger partial charge on any atom is 0.138 e. The van der Waals surface area contributed by atoms with Gasteiger partial charge in [-0.05, 0) is 17.7 Å². The van der Waals surface area contributed by atoms with Gasteiger partial charge in [-0.3, -0.25) is 0 Å². The molecule has 1 atom stereocenters. The highest BCUT2D eigenvalue weighted by Crippen LogP contribution is 2.29. The molecule has 2 heterocycles. The van der Waals surface area contributed by atoms with Crippen molar-refractivity contribution in [1.29, 1.82) is 0 Å². The van der Waals surface area contributed by atoms with E-state index in [0.717, 1.165) is 27.3 Å². The van der Waals surface area contributed by atoms with Crippen molar-refractivity contribution < 1.29 is 0 Å². The third-order valence-corrected chi connectivity index (χ3v) is 4.50. The minimum Gasteiger partial charge on any atom is -0.356 e. The Morgan fingerprint density at radius 2 is 1.70 bits per heavy atom. The minimum absolute atomic E-state index is 0.0329. The Morgan fingerprint density at radius 3 is 2.52 bits per heavy atom. The van der Waals surface area contributed by atoms with Crippen LogP contribution in [0.3, 0.4) is 0 Å². The van der Waals surface area contributed by atoms with Crippen LogP contribution in [-0.2, 0) is 0 Å². The molecule has 2 aromatic heterocycles.